The van der Waals surface area contributed by atoms with Crippen molar-refractivity contribution in [1.82, 2.24) is 15.5 Å². The number of carbonyl (C=O) groups excluding carboxylic acids is 1. The maximum Gasteiger partial charge on any atom is 0.243 e. The smallest absolute Gasteiger partial charge is 0.243 e. The van der Waals surface area contributed by atoms with Crippen molar-refractivity contribution < 1.29 is 14.3 Å². The van der Waals surface area contributed by atoms with Crippen molar-refractivity contribution in [2.24, 2.45) is 10.9 Å². The normalized spacial score (nSPS) is 11.1. The zero-order valence-corrected chi connectivity index (χ0v) is 17.4. The standard InChI is InChI=1S/C15H32N4O3.HI/c1-13(2)6-9-22-11-8-17-15(16-7-10-21-5)18-12-14(20)19(3)4;/h13H,6-12H2,1-5H3,(H2,16,17,18);1H. The highest BCUT2D eigenvalue weighted by Crippen LogP contribution is 1.98. The SMILES string of the molecule is COCCNC(=NCC(=O)N(C)C)NCCOCCC(C)C.I. The number of nitrogens with one attached hydrogen (secondary N) is 2. The molecule has 0 saturated carbocycles. The van der Waals surface area contributed by atoms with Crippen LogP contribution in [0.15, 0.2) is 4.99 Å². The number of rotatable bonds is 11. The molecule has 138 valence electrons. The van der Waals surface area contributed by atoms with Gasteiger partial charge in [0.25, 0.3) is 0 Å². The Balaban J connectivity index is 0. The van der Waals surface area contributed by atoms with Crippen LogP contribution in [-0.2, 0) is 14.3 Å². The molecule has 0 radical (unpaired) electrons. The highest BCUT2D eigenvalue weighted by Gasteiger charge is 2.04. The molecule has 7 nitrogen and oxygen atoms in total. The van der Waals surface area contributed by atoms with Crippen molar-refractivity contribution >= 4 is 35.8 Å². The first-order valence-electron chi connectivity index (χ1n) is 7.76. The van der Waals surface area contributed by atoms with E-state index in [4.69, 9.17) is 9.47 Å². The van der Waals surface area contributed by atoms with E-state index in [-0.39, 0.29) is 36.4 Å². The van der Waals surface area contributed by atoms with Gasteiger partial charge in [-0.05, 0) is 12.3 Å². The van der Waals surface area contributed by atoms with Crippen LogP contribution in [0.25, 0.3) is 0 Å². The van der Waals surface area contributed by atoms with Gasteiger partial charge in [-0.2, -0.15) is 0 Å². The Hall–Kier alpha value is -0.610. The van der Waals surface area contributed by atoms with Gasteiger partial charge in [-0.1, -0.05) is 13.8 Å². The summed E-state index contributed by atoms with van der Waals surface area (Å²) in [5.74, 6) is 1.21. The van der Waals surface area contributed by atoms with E-state index in [1.54, 1.807) is 21.2 Å². The number of hydrogen-bond donors (Lipinski definition) is 2. The van der Waals surface area contributed by atoms with Gasteiger partial charge in [0.2, 0.25) is 5.91 Å². The molecule has 0 aliphatic heterocycles. The van der Waals surface area contributed by atoms with Gasteiger partial charge in [-0.15, -0.1) is 24.0 Å². The quantitative estimate of drug-likeness (QED) is 0.215. The van der Waals surface area contributed by atoms with Crippen molar-refractivity contribution in [1.29, 1.82) is 0 Å². The molecule has 0 heterocycles. The molecule has 1 amide bonds. The maximum absolute atomic E-state index is 11.6. The van der Waals surface area contributed by atoms with E-state index >= 15 is 0 Å². The fraction of sp³-hybridized carbons (Fsp3) is 0.867. The number of hydrogen-bond acceptors (Lipinski definition) is 4. The Kier molecular flexibility index (Phi) is 17.4. The molecule has 0 bridgehead atoms. The number of likely N-dealkylation sites (N-methyl/N-ethyl adjacent to an activating group) is 1. The minimum Gasteiger partial charge on any atom is -0.383 e. The monoisotopic (exact) mass is 444 g/mol. The molecule has 8 heteroatoms. The summed E-state index contributed by atoms with van der Waals surface area (Å²) in [5.41, 5.74) is 0. The van der Waals surface area contributed by atoms with E-state index in [9.17, 15) is 4.79 Å². The molecule has 2 N–H and O–H groups in total. The maximum atomic E-state index is 11.6. The molecule has 0 aliphatic rings. The van der Waals surface area contributed by atoms with E-state index in [1.807, 2.05) is 0 Å². The lowest BCUT2D eigenvalue weighted by molar-refractivity contribution is -0.127. The van der Waals surface area contributed by atoms with Crippen LogP contribution in [0.4, 0.5) is 0 Å². The Labute approximate surface area is 157 Å². The van der Waals surface area contributed by atoms with Gasteiger partial charge < -0.3 is 25.0 Å². The first-order valence-corrected chi connectivity index (χ1v) is 7.76. The van der Waals surface area contributed by atoms with E-state index in [0.717, 1.165) is 13.0 Å². The third-order valence-corrected chi connectivity index (χ3v) is 2.85. The summed E-state index contributed by atoms with van der Waals surface area (Å²) >= 11 is 0. The van der Waals surface area contributed by atoms with Gasteiger partial charge in [0.15, 0.2) is 5.96 Å². The van der Waals surface area contributed by atoms with Crippen LogP contribution in [0.3, 0.4) is 0 Å². The molecular weight excluding hydrogens is 411 g/mol. The molecule has 0 aliphatic carbocycles. The number of carbonyl (C=O) groups is 1. The number of guanidine groups is 1. The number of halogens is 1. The summed E-state index contributed by atoms with van der Waals surface area (Å²) in [7, 11) is 5.07. The first-order chi connectivity index (χ1) is 10.5. The van der Waals surface area contributed by atoms with Gasteiger partial charge in [0.05, 0.1) is 13.2 Å². The molecule has 0 saturated heterocycles. The van der Waals surface area contributed by atoms with Crippen LogP contribution in [0.1, 0.15) is 20.3 Å². The fourth-order valence-corrected chi connectivity index (χ4v) is 1.40. The van der Waals surface area contributed by atoms with Crippen molar-refractivity contribution in [3.05, 3.63) is 0 Å². The van der Waals surface area contributed by atoms with Crippen LogP contribution < -0.4 is 10.6 Å². The lowest BCUT2D eigenvalue weighted by atomic mass is 10.1. The number of methoxy groups -OCH3 is 1. The van der Waals surface area contributed by atoms with Gasteiger partial charge in [0, 0.05) is 40.9 Å². The molecule has 0 spiro atoms. The van der Waals surface area contributed by atoms with Gasteiger partial charge in [-0.3, -0.25) is 4.79 Å². The van der Waals surface area contributed by atoms with Gasteiger partial charge in [0.1, 0.15) is 6.54 Å². The van der Waals surface area contributed by atoms with Crippen LogP contribution in [0.5, 0.6) is 0 Å². The zero-order valence-electron chi connectivity index (χ0n) is 15.1. The van der Waals surface area contributed by atoms with Crippen LogP contribution in [0.2, 0.25) is 0 Å². The molecule has 23 heavy (non-hydrogen) atoms. The number of nitrogens with zero attached hydrogens (tertiary/aromatic N) is 2. The molecule has 0 unspecified atom stereocenters. The fourth-order valence-electron chi connectivity index (χ4n) is 1.40. The second-order valence-electron chi connectivity index (χ2n) is 5.59. The minimum absolute atomic E-state index is 0. The third kappa shape index (κ3) is 16.0. The number of amides is 1. The van der Waals surface area contributed by atoms with Crippen LogP contribution in [0, 0.1) is 5.92 Å². The van der Waals surface area contributed by atoms with Crippen molar-refractivity contribution in [2.75, 3.05) is 60.7 Å². The molecule has 0 aromatic heterocycles. The largest absolute Gasteiger partial charge is 0.383 e. The van der Waals surface area contributed by atoms with E-state index in [2.05, 4.69) is 29.5 Å². The topological polar surface area (TPSA) is 75.2 Å². The number of ether oxygens (including phenoxy) is 2. The molecule has 0 aromatic rings. The highest BCUT2D eigenvalue weighted by atomic mass is 127. The van der Waals surface area contributed by atoms with Crippen molar-refractivity contribution in [3.63, 3.8) is 0 Å². The Morgan fingerprint density at radius 1 is 1.13 bits per heavy atom. The molecular formula is C15H33IN4O3. The average molecular weight is 444 g/mol. The lowest BCUT2D eigenvalue weighted by Gasteiger charge is -2.14. The third-order valence-electron chi connectivity index (χ3n) is 2.85. The first kappa shape index (κ1) is 24.6. The second kappa shape index (κ2) is 16.3. The Bertz CT molecular complexity index is 326. The number of aliphatic imine (C=N–C) groups is 1. The van der Waals surface area contributed by atoms with E-state index < -0.39 is 0 Å². The minimum atomic E-state index is -0.0407. The van der Waals surface area contributed by atoms with Crippen LogP contribution >= 0.6 is 24.0 Å². The summed E-state index contributed by atoms with van der Waals surface area (Å²) < 4.78 is 10.5. The molecule has 0 fully saturated rings. The summed E-state index contributed by atoms with van der Waals surface area (Å²) in [6.45, 7) is 7.69. The Morgan fingerprint density at radius 3 is 2.26 bits per heavy atom. The zero-order chi connectivity index (χ0) is 16.8. The molecule has 0 rings (SSSR count). The highest BCUT2D eigenvalue weighted by molar-refractivity contribution is 14.0. The molecule has 0 aromatic carbocycles. The summed E-state index contributed by atoms with van der Waals surface area (Å²) in [4.78, 5) is 17.3. The average Bonchev–Trinajstić information content (AvgIpc) is 2.46. The van der Waals surface area contributed by atoms with Crippen molar-refractivity contribution in [2.45, 2.75) is 20.3 Å². The predicted octanol–water partition coefficient (Wildman–Crippen LogP) is 0.937. The summed E-state index contributed by atoms with van der Waals surface area (Å²) in [5, 5.41) is 6.26. The van der Waals surface area contributed by atoms with E-state index in [1.165, 1.54) is 4.90 Å². The van der Waals surface area contributed by atoms with E-state index in [0.29, 0.717) is 38.2 Å². The predicted molar refractivity (Wildman–Crippen MR) is 105 cm³/mol. The lowest BCUT2D eigenvalue weighted by Crippen LogP contribution is -2.41. The van der Waals surface area contributed by atoms with Crippen molar-refractivity contribution in [3.8, 4) is 0 Å². The summed E-state index contributed by atoms with van der Waals surface area (Å²) in [6, 6.07) is 0. The second-order valence-corrected chi connectivity index (χ2v) is 5.59. The van der Waals surface area contributed by atoms with Gasteiger partial charge in [-0.25, -0.2) is 4.99 Å². The van der Waals surface area contributed by atoms with Crippen LogP contribution in [-0.4, -0.2) is 77.4 Å². The van der Waals surface area contributed by atoms with Gasteiger partial charge >= 0.3 is 0 Å². The Morgan fingerprint density at radius 2 is 1.74 bits per heavy atom. The summed E-state index contributed by atoms with van der Waals surface area (Å²) in [6.07, 6.45) is 1.06. The molecule has 0 atom stereocenters.